The second-order valence-corrected chi connectivity index (χ2v) is 15.5. The Morgan fingerprint density at radius 3 is 1.55 bits per heavy atom. The first kappa shape index (κ1) is 32.8. The summed E-state index contributed by atoms with van der Waals surface area (Å²) in [5, 5.41) is 7.62. The van der Waals surface area contributed by atoms with E-state index < -0.39 is 0 Å². The van der Waals surface area contributed by atoms with Crippen LogP contribution in [-0.4, -0.2) is 13.1 Å². The fraction of sp³-hybridized carbons (Fsp3) is 0.111. The summed E-state index contributed by atoms with van der Waals surface area (Å²) >= 11 is 0. The molecule has 11 rings (SSSR count). The SMILES string of the molecule is c1ccc(-c2c3cc(N4CCCc5ccccc54)ccc3c(-c3ccccc3-c3ccc4ccccc4c3)c3cc(N4CCCc5ccccc54)ccc23)cc1. The van der Waals surface area contributed by atoms with Crippen molar-refractivity contribution in [2.45, 2.75) is 25.7 Å². The monoisotopic (exact) mass is 718 g/mol. The molecule has 0 saturated heterocycles. The van der Waals surface area contributed by atoms with Crippen LogP contribution in [0.2, 0.25) is 0 Å². The van der Waals surface area contributed by atoms with E-state index in [1.165, 1.54) is 99.6 Å². The van der Waals surface area contributed by atoms with Crippen LogP contribution in [-0.2, 0) is 12.8 Å². The summed E-state index contributed by atoms with van der Waals surface area (Å²) in [6.45, 7) is 2.01. The number of hydrogen-bond donors (Lipinski definition) is 0. The molecular weight excluding hydrogens is 677 g/mol. The van der Waals surface area contributed by atoms with E-state index in [-0.39, 0.29) is 0 Å². The summed E-state index contributed by atoms with van der Waals surface area (Å²) in [4.78, 5) is 5.08. The first-order valence-electron chi connectivity index (χ1n) is 20.2. The first-order valence-corrected chi connectivity index (χ1v) is 20.2. The second kappa shape index (κ2) is 13.6. The molecule has 2 aliphatic rings. The summed E-state index contributed by atoms with van der Waals surface area (Å²) in [6, 6.07) is 68.2. The van der Waals surface area contributed by atoms with Crippen molar-refractivity contribution in [1.29, 1.82) is 0 Å². The molecular formula is C54H42N2. The molecule has 2 aliphatic heterocycles. The normalized spacial score (nSPS) is 13.9. The lowest BCUT2D eigenvalue weighted by Gasteiger charge is -2.32. The molecule has 0 aliphatic carbocycles. The van der Waals surface area contributed by atoms with E-state index in [0.29, 0.717) is 0 Å². The molecule has 0 saturated carbocycles. The molecule has 0 amide bonds. The molecule has 268 valence electrons. The van der Waals surface area contributed by atoms with Crippen molar-refractivity contribution in [1.82, 2.24) is 0 Å². The van der Waals surface area contributed by atoms with Gasteiger partial charge in [-0.1, -0.05) is 140 Å². The Hall–Kier alpha value is -6.64. The fourth-order valence-corrected chi connectivity index (χ4v) is 9.66. The Labute approximate surface area is 328 Å². The van der Waals surface area contributed by atoms with E-state index in [0.717, 1.165) is 38.8 Å². The number of fused-ring (bicyclic) bond motifs is 5. The Kier molecular flexibility index (Phi) is 7.95. The highest BCUT2D eigenvalue weighted by Gasteiger charge is 2.25. The van der Waals surface area contributed by atoms with Gasteiger partial charge in [0.05, 0.1) is 0 Å². The van der Waals surface area contributed by atoms with Crippen molar-refractivity contribution in [3.8, 4) is 33.4 Å². The average Bonchev–Trinajstić information content (AvgIpc) is 3.27. The van der Waals surface area contributed by atoms with Crippen LogP contribution in [0.4, 0.5) is 22.7 Å². The number of benzene rings is 9. The summed E-state index contributed by atoms with van der Waals surface area (Å²) in [5.41, 5.74) is 15.6. The van der Waals surface area contributed by atoms with Gasteiger partial charge >= 0.3 is 0 Å². The van der Waals surface area contributed by atoms with E-state index in [4.69, 9.17) is 0 Å². The molecule has 0 radical (unpaired) electrons. The zero-order valence-electron chi connectivity index (χ0n) is 31.5. The average molecular weight is 719 g/mol. The molecule has 9 aromatic carbocycles. The van der Waals surface area contributed by atoms with Crippen molar-refractivity contribution in [3.05, 3.63) is 193 Å². The maximum atomic E-state index is 2.54. The van der Waals surface area contributed by atoms with E-state index >= 15 is 0 Å². The van der Waals surface area contributed by atoms with E-state index in [2.05, 4.69) is 192 Å². The Morgan fingerprint density at radius 1 is 0.339 bits per heavy atom. The van der Waals surface area contributed by atoms with Gasteiger partial charge in [-0.15, -0.1) is 0 Å². The van der Waals surface area contributed by atoms with Gasteiger partial charge in [0.25, 0.3) is 0 Å². The van der Waals surface area contributed by atoms with Gasteiger partial charge in [-0.05, 0) is 145 Å². The molecule has 0 spiro atoms. The molecule has 0 N–H and O–H groups in total. The highest BCUT2D eigenvalue weighted by atomic mass is 15.1. The Balaban J connectivity index is 1.23. The molecule has 2 nitrogen and oxygen atoms in total. The molecule has 0 fully saturated rings. The third-order valence-electron chi connectivity index (χ3n) is 12.2. The summed E-state index contributed by atoms with van der Waals surface area (Å²) in [5.74, 6) is 0. The van der Waals surface area contributed by atoms with Crippen LogP contribution in [0.3, 0.4) is 0 Å². The standard InChI is InChI=1S/C54H42N2/c1-2-17-40(18-3-1)53-47-30-28-44(56-33-13-21-39-16-7-11-25-52(39)56)36-50(47)54(46-23-9-8-22-45(46)42-27-26-37-14-4-5-19-41(37)34-42)48-31-29-43(35-49(48)53)55-32-12-20-38-15-6-10-24-51(38)55/h1-11,14-19,22-31,34-36H,12-13,20-21,32-33H2. The van der Waals surface area contributed by atoms with E-state index in [1.807, 2.05) is 0 Å². The van der Waals surface area contributed by atoms with Gasteiger partial charge in [0.2, 0.25) is 0 Å². The highest BCUT2D eigenvalue weighted by Crippen LogP contribution is 2.49. The molecule has 56 heavy (non-hydrogen) atoms. The molecule has 2 heterocycles. The molecule has 0 bridgehead atoms. The van der Waals surface area contributed by atoms with Crippen molar-refractivity contribution in [3.63, 3.8) is 0 Å². The zero-order valence-corrected chi connectivity index (χ0v) is 31.5. The number of rotatable bonds is 5. The number of para-hydroxylation sites is 2. The quantitative estimate of drug-likeness (QED) is 0.164. The van der Waals surface area contributed by atoms with Crippen LogP contribution in [0.1, 0.15) is 24.0 Å². The minimum absolute atomic E-state index is 1.01. The Bertz CT molecular complexity index is 2940. The zero-order chi connectivity index (χ0) is 37.0. The van der Waals surface area contributed by atoms with Gasteiger partial charge in [0.1, 0.15) is 0 Å². The smallest absolute Gasteiger partial charge is 0.0443 e. The summed E-state index contributed by atoms with van der Waals surface area (Å²) < 4.78 is 0. The minimum atomic E-state index is 1.01. The first-order chi connectivity index (χ1) is 27.8. The predicted molar refractivity (Wildman–Crippen MR) is 239 cm³/mol. The van der Waals surface area contributed by atoms with Gasteiger partial charge in [-0.3, -0.25) is 0 Å². The van der Waals surface area contributed by atoms with E-state index in [9.17, 15) is 0 Å². The molecule has 2 heteroatoms. The largest absolute Gasteiger partial charge is 0.341 e. The number of hydrogen-bond acceptors (Lipinski definition) is 2. The maximum Gasteiger partial charge on any atom is 0.0443 e. The number of aryl methyl sites for hydroxylation is 2. The van der Waals surface area contributed by atoms with Gasteiger partial charge in [-0.25, -0.2) is 0 Å². The lowest BCUT2D eigenvalue weighted by Crippen LogP contribution is -2.24. The van der Waals surface area contributed by atoms with Crippen molar-refractivity contribution in [2.24, 2.45) is 0 Å². The highest BCUT2D eigenvalue weighted by molar-refractivity contribution is 6.23. The maximum absolute atomic E-state index is 2.54. The number of anilines is 4. The van der Waals surface area contributed by atoms with Crippen LogP contribution >= 0.6 is 0 Å². The summed E-state index contributed by atoms with van der Waals surface area (Å²) in [7, 11) is 0. The molecule has 0 aromatic heterocycles. The van der Waals surface area contributed by atoms with Crippen molar-refractivity contribution >= 4 is 55.1 Å². The van der Waals surface area contributed by atoms with Gasteiger partial charge < -0.3 is 9.80 Å². The van der Waals surface area contributed by atoms with Crippen molar-refractivity contribution in [2.75, 3.05) is 22.9 Å². The second-order valence-electron chi connectivity index (χ2n) is 15.5. The predicted octanol–water partition coefficient (Wildman–Crippen LogP) is 14.3. The lowest BCUT2D eigenvalue weighted by atomic mass is 9.83. The molecule has 0 atom stereocenters. The molecule has 0 unspecified atom stereocenters. The minimum Gasteiger partial charge on any atom is -0.341 e. The number of nitrogens with zero attached hydrogens (tertiary/aromatic N) is 2. The lowest BCUT2D eigenvalue weighted by molar-refractivity contribution is 0.767. The van der Waals surface area contributed by atoms with E-state index in [1.54, 1.807) is 0 Å². The topological polar surface area (TPSA) is 6.48 Å². The van der Waals surface area contributed by atoms with Crippen LogP contribution in [0.25, 0.3) is 65.7 Å². The fourth-order valence-electron chi connectivity index (χ4n) is 9.66. The van der Waals surface area contributed by atoms with Gasteiger partial charge in [0, 0.05) is 35.8 Å². The molecule has 9 aromatic rings. The Morgan fingerprint density at radius 2 is 0.875 bits per heavy atom. The summed E-state index contributed by atoms with van der Waals surface area (Å²) in [6.07, 6.45) is 4.53. The third kappa shape index (κ3) is 5.47. The third-order valence-corrected chi connectivity index (χ3v) is 12.2. The van der Waals surface area contributed by atoms with Gasteiger partial charge in [-0.2, -0.15) is 0 Å². The van der Waals surface area contributed by atoms with Crippen LogP contribution in [0.15, 0.2) is 182 Å². The van der Waals surface area contributed by atoms with Gasteiger partial charge in [0.15, 0.2) is 0 Å². The van der Waals surface area contributed by atoms with Crippen LogP contribution in [0, 0.1) is 0 Å². The van der Waals surface area contributed by atoms with Crippen molar-refractivity contribution < 1.29 is 0 Å². The van der Waals surface area contributed by atoms with Crippen LogP contribution in [0.5, 0.6) is 0 Å². The van der Waals surface area contributed by atoms with Crippen LogP contribution < -0.4 is 9.80 Å².